The van der Waals surface area contributed by atoms with E-state index in [0.29, 0.717) is 11.2 Å². The zero-order valence-electron chi connectivity index (χ0n) is 11.8. The summed E-state index contributed by atoms with van der Waals surface area (Å²) in [4.78, 5) is 11.3. The summed E-state index contributed by atoms with van der Waals surface area (Å²) in [7, 11) is 0. The van der Waals surface area contributed by atoms with Crippen molar-refractivity contribution < 1.29 is 4.79 Å². The van der Waals surface area contributed by atoms with Crippen LogP contribution in [-0.2, 0) is 0 Å². The van der Waals surface area contributed by atoms with Crippen LogP contribution in [0.15, 0.2) is 36.7 Å². The Kier molecular flexibility index (Phi) is 3.13. The van der Waals surface area contributed by atoms with E-state index < -0.39 is 5.91 Å². The van der Waals surface area contributed by atoms with Gasteiger partial charge in [-0.25, -0.2) is 0 Å². The van der Waals surface area contributed by atoms with Crippen molar-refractivity contribution in [1.82, 2.24) is 19.8 Å². The molecule has 2 N–H and O–H groups in total. The molecule has 0 saturated carbocycles. The van der Waals surface area contributed by atoms with Gasteiger partial charge in [0.25, 0.3) is 0 Å². The molecule has 0 aliphatic heterocycles. The number of hydrogen-bond acceptors (Lipinski definition) is 4. The molecule has 0 aliphatic rings. The van der Waals surface area contributed by atoms with Crippen molar-refractivity contribution in [3.63, 3.8) is 0 Å². The Labute approximate surface area is 121 Å². The third kappa shape index (κ3) is 2.35. The highest BCUT2D eigenvalue weighted by atomic mass is 16.1. The smallest absolute Gasteiger partial charge is 0.248 e. The minimum Gasteiger partial charge on any atom is -0.366 e. The zero-order valence-corrected chi connectivity index (χ0v) is 11.8. The fraction of sp³-hybridized carbons (Fsp3) is 0.200. The van der Waals surface area contributed by atoms with E-state index in [-0.39, 0.29) is 5.92 Å². The Morgan fingerprint density at radius 2 is 2.10 bits per heavy atom. The molecule has 3 aromatic rings. The number of carbonyl (C=O) groups is 1. The van der Waals surface area contributed by atoms with Crippen LogP contribution in [0.5, 0.6) is 0 Å². The molecule has 0 fully saturated rings. The van der Waals surface area contributed by atoms with Gasteiger partial charge in [-0.2, -0.15) is 9.61 Å². The molecule has 6 nitrogen and oxygen atoms in total. The quantitative estimate of drug-likeness (QED) is 0.795. The standard InChI is InChI=1S/C15H15N5O/c1-9(2)13-7-12(15-18-17-8-20(15)19-13)10-4-3-5-11(6-10)14(16)21/h3-9H,1-2H3,(H2,16,21). The third-order valence-electron chi connectivity index (χ3n) is 3.34. The number of nitrogens with two attached hydrogens (primary N) is 1. The summed E-state index contributed by atoms with van der Waals surface area (Å²) >= 11 is 0. The molecular formula is C15H15N5O. The maximum absolute atomic E-state index is 11.3. The molecule has 1 aromatic carbocycles. The van der Waals surface area contributed by atoms with Crippen molar-refractivity contribution in [2.75, 3.05) is 0 Å². The van der Waals surface area contributed by atoms with Crippen LogP contribution in [0.3, 0.4) is 0 Å². The number of benzene rings is 1. The number of rotatable bonds is 3. The van der Waals surface area contributed by atoms with Crippen molar-refractivity contribution in [3.8, 4) is 11.1 Å². The van der Waals surface area contributed by atoms with Gasteiger partial charge in [0, 0.05) is 11.1 Å². The number of aromatic nitrogens is 4. The highest BCUT2D eigenvalue weighted by Gasteiger charge is 2.13. The molecule has 0 aliphatic carbocycles. The van der Waals surface area contributed by atoms with Crippen molar-refractivity contribution in [3.05, 3.63) is 47.9 Å². The molecule has 0 spiro atoms. The molecule has 0 saturated heterocycles. The Morgan fingerprint density at radius 3 is 2.81 bits per heavy atom. The highest BCUT2D eigenvalue weighted by molar-refractivity contribution is 5.94. The molecular weight excluding hydrogens is 266 g/mol. The van der Waals surface area contributed by atoms with Gasteiger partial charge in [0.2, 0.25) is 5.91 Å². The van der Waals surface area contributed by atoms with E-state index in [0.717, 1.165) is 16.8 Å². The number of fused-ring (bicyclic) bond motifs is 1. The molecule has 2 aromatic heterocycles. The molecule has 6 heteroatoms. The van der Waals surface area contributed by atoms with E-state index in [2.05, 4.69) is 29.1 Å². The average Bonchev–Trinajstić information content (AvgIpc) is 2.94. The summed E-state index contributed by atoms with van der Waals surface area (Å²) in [6.45, 7) is 4.14. The Morgan fingerprint density at radius 1 is 1.29 bits per heavy atom. The summed E-state index contributed by atoms with van der Waals surface area (Å²) in [6, 6.07) is 9.15. The lowest BCUT2D eigenvalue weighted by atomic mass is 10.0. The number of amides is 1. The largest absolute Gasteiger partial charge is 0.366 e. The predicted molar refractivity (Wildman–Crippen MR) is 78.8 cm³/mol. The first-order valence-corrected chi connectivity index (χ1v) is 6.67. The second-order valence-corrected chi connectivity index (χ2v) is 5.18. The maximum Gasteiger partial charge on any atom is 0.248 e. The fourth-order valence-electron chi connectivity index (χ4n) is 2.18. The lowest BCUT2D eigenvalue weighted by Crippen LogP contribution is -2.10. The second-order valence-electron chi connectivity index (χ2n) is 5.18. The summed E-state index contributed by atoms with van der Waals surface area (Å²) < 4.78 is 1.65. The molecule has 1 amide bonds. The van der Waals surface area contributed by atoms with Gasteiger partial charge in [-0.15, -0.1) is 10.2 Å². The highest BCUT2D eigenvalue weighted by Crippen LogP contribution is 2.26. The lowest BCUT2D eigenvalue weighted by molar-refractivity contribution is 0.100. The van der Waals surface area contributed by atoms with E-state index in [1.807, 2.05) is 12.1 Å². The van der Waals surface area contributed by atoms with Gasteiger partial charge in [-0.3, -0.25) is 4.79 Å². The normalized spacial score (nSPS) is 11.2. The van der Waals surface area contributed by atoms with E-state index in [1.54, 1.807) is 29.0 Å². The second kappa shape index (κ2) is 4.97. The van der Waals surface area contributed by atoms with Gasteiger partial charge >= 0.3 is 0 Å². The topological polar surface area (TPSA) is 86.2 Å². The van der Waals surface area contributed by atoms with Crippen LogP contribution >= 0.6 is 0 Å². The summed E-state index contributed by atoms with van der Waals surface area (Å²) in [5, 5.41) is 12.5. The number of carbonyl (C=O) groups excluding carboxylic acids is 1. The van der Waals surface area contributed by atoms with Crippen molar-refractivity contribution in [2.24, 2.45) is 5.73 Å². The number of primary amides is 1. The van der Waals surface area contributed by atoms with Crippen LogP contribution in [0, 0.1) is 0 Å². The van der Waals surface area contributed by atoms with Crippen molar-refractivity contribution in [1.29, 1.82) is 0 Å². The first kappa shape index (κ1) is 13.2. The minimum atomic E-state index is -0.451. The van der Waals surface area contributed by atoms with Gasteiger partial charge in [0.1, 0.15) is 6.33 Å². The van der Waals surface area contributed by atoms with Crippen LogP contribution in [-0.4, -0.2) is 25.7 Å². The molecule has 0 atom stereocenters. The third-order valence-corrected chi connectivity index (χ3v) is 3.34. The number of hydrogen-bond donors (Lipinski definition) is 1. The Bertz CT molecular complexity index is 822. The SMILES string of the molecule is CC(C)c1cc(-c2cccc(C(N)=O)c2)c2nncn2n1. The van der Waals surface area contributed by atoms with Crippen LogP contribution in [0.1, 0.15) is 35.8 Å². The van der Waals surface area contributed by atoms with E-state index in [4.69, 9.17) is 5.73 Å². The first-order chi connectivity index (χ1) is 10.1. The van der Waals surface area contributed by atoms with Crippen LogP contribution in [0.2, 0.25) is 0 Å². The van der Waals surface area contributed by atoms with E-state index in [1.165, 1.54) is 0 Å². The van der Waals surface area contributed by atoms with Gasteiger partial charge in [-0.1, -0.05) is 26.0 Å². The van der Waals surface area contributed by atoms with Crippen LogP contribution in [0.4, 0.5) is 0 Å². The zero-order chi connectivity index (χ0) is 15.0. The van der Waals surface area contributed by atoms with Crippen molar-refractivity contribution in [2.45, 2.75) is 19.8 Å². The van der Waals surface area contributed by atoms with Gasteiger partial charge in [-0.05, 0) is 29.7 Å². The molecule has 21 heavy (non-hydrogen) atoms. The summed E-state index contributed by atoms with van der Waals surface area (Å²) in [5.74, 6) is -0.178. The van der Waals surface area contributed by atoms with E-state index in [9.17, 15) is 4.79 Å². The predicted octanol–water partition coefficient (Wildman–Crippen LogP) is 2.01. The van der Waals surface area contributed by atoms with Gasteiger partial charge in [0.15, 0.2) is 5.65 Å². The summed E-state index contributed by atoms with van der Waals surface area (Å²) in [5.41, 5.74) is 9.15. The Hall–Kier alpha value is -2.76. The molecule has 3 rings (SSSR count). The lowest BCUT2D eigenvalue weighted by Gasteiger charge is -2.09. The monoisotopic (exact) mass is 281 g/mol. The molecule has 2 heterocycles. The Balaban J connectivity index is 2.25. The fourth-order valence-corrected chi connectivity index (χ4v) is 2.18. The molecule has 106 valence electrons. The van der Waals surface area contributed by atoms with Crippen LogP contribution < -0.4 is 5.73 Å². The van der Waals surface area contributed by atoms with Gasteiger partial charge in [0.05, 0.1) is 5.69 Å². The van der Waals surface area contributed by atoms with E-state index >= 15 is 0 Å². The molecule has 0 bridgehead atoms. The average molecular weight is 281 g/mol. The van der Waals surface area contributed by atoms with Gasteiger partial charge < -0.3 is 5.73 Å². The van der Waals surface area contributed by atoms with Crippen molar-refractivity contribution >= 4 is 11.6 Å². The maximum atomic E-state index is 11.3. The number of nitrogens with zero attached hydrogens (tertiary/aromatic N) is 4. The first-order valence-electron chi connectivity index (χ1n) is 6.67. The van der Waals surface area contributed by atoms with Crippen LogP contribution in [0.25, 0.3) is 16.8 Å². The minimum absolute atomic E-state index is 0.273. The molecule has 0 radical (unpaired) electrons. The summed E-state index contributed by atoms with van der Waals surface area (Å²) in [6.07, 6.45) is 1.57. The molecule has 0 unspecified atom stereocenters.